The van der Waals surface area contributed by atoms with E-state index in [9.17, 15) is 0 Å². The van der Waals surface area contributed by atoms with E-state index in [0.29, 0.717) is 0 Å². The minimum atomic E-state index is 0.731. The van der Waals surface area contributed by atoms with Crippen LogP contribution in [0.1, 0.15) is 35.4 Å². The van der Waals surface area contributed by atoms with Gasteiger partial charge in [-0.15, -0.1) is 0 Å². The van der Waals surface area contributed by atoms with Gasteiger partial charge in [-0.05, 0) is 66.6 Å². The summed E-state index contributed by atoms with van der Waals surface area (Å²) in [7, 11) is 0. The fraction of sp³-hybridized carbons (Fsp3) is 0.219. The summed E-state index contributed by atoms with van der Waals surface area (Å²) >= 11 is 0. The van der Waals surface area contributed by atoms with Crippen LogP contribution in [0.25, 0.3) is 22.2 Å². The molecular weight excluding hydrogens is 428 g/mol. The lowest BCUT2D eigenvalue weighted by Crippen LogP contribution is -2.07. The first-order valence-electron chi connectivity index (χ1n) is 12.5. The van der Waals surface area contributed by atoms with Crippen molar-refractivity contribution in [2.24, 2.45) is 0 Å². The third-order valence-electron chi connectivity index (χ3n) is 6.59. The van der Waals surface area contributed by atoms with Crippen molar-refractivity contribution in [2.45, 2.75) is 39.7 Å². The first-order chi connectivity index (χ1) is 17.2. The van der Waals surface area contributed by atoms with E-state index in [1.807, 2.05) is 0 Å². The summed E-state index contributed by atoms with van der Waals surface area (Å²) in [6, 6.07) is 34.2. The molecule has 5 aromatic rings. The Kier molecular flexibility index (Phi) is 6.94. The van der Waals surface area contributed by atoms with Gasteiger partial charge < -0.3 is 9.30 Å². The maximum Gasteiger partial charge on any atom is 0.125 e. The van der Waals surface area contributed by atoms with Gasteiger partial charge in [0.2, 0.25) is 0 Å². The molecule has 1 heterocycles. The predicted molar refractivity (Wildman–Crippen MR) is 145 cm³/mol. The Hall–Kier alpha value is -3.85. The van der Waals surface area contributed by atoms with Crippen molar-refractivity contribution >= 4 is 11.0 Å². The number of hydrogen-bond donors (Lipinski definition) is 0. The standard InChI is InChI=1S/C32H32N2O/c1-24-11-10-12-25(2)32(24)35-22-9-8-21-34-30-16-7-6-15-29(30)33-31(34)23-26-17-19-28(20-18-26)27-13-4-3-5-14-27/h3-7,10-20H,8-9,21-23H2,1-2H3. The van der Waals surface area contributed by atoms with Crippen LogP contribution in [0.2, 0.25) is 0 Å². The van der Waals surface area contributed by atoms with Gasteiger partial charge in [-0.1, -0.05) is 84.9 Å². The molecule has 0 atom stereocenters. The molecule has 3 nitrogen and oxygen atoms in total. The largest absolute Gasteiger partial charge is 0.493 e. The van der Waals surface area contributed by atoms with Crippen molar-refractivity contribution in [3.63, 3.8) is 0 Å². The second-order valence-corrected chi connectivity index (χ2v) is 9.18. The van der Waals surface area contributed by atoms with Crippen molar-refractivity contribution < 1.29 is 4.74 Å². The van der Waals surface area contributed by atoms with E-state index in [1.54, 1.807) is 0 Å². The van der Waals surface area contributed by atoms with Crippen molar-refractivity contribution in [3.05, 3.63) is 120 Å². The lowest BCUT2D eigenvalue weighted by atomic mass is 10.0. The fourth-order valence-electron chi connectivity index (χ4n) is 4.71. The first-order valence-corrected chi connectivity index (χ1v) is 12.5. The maximum absolute atomic E-state index is 6.12. The molecule has 0 spiro atoms. The molecule has 4 aromatic carbocycles. The highest BCUT2D eigenvalue weighted by molar-refractivity contribution is 5.76. The van der Waals surface area contributed by atoms with Crippen LogP contribution < -0.4 is 4.74 Å². The maximum atomic E-state index is 6.12. The van der Waals surface area contributed by atoms with Gasteiger partial charge in [-0.25, -0.2) is 4.98 Å². The number of aryl methyl sites for hydroxylation is 3. The molecule has 3 heteroatoms. The van der Waals surface area contributed by atoms with E-state index in [2.05, 4.69) is 115 Å². The van der Waals surface area contributed by atoms with Crippen LogP contribution in [0, 0.1) is 13.8 Å². The molecule has 0 N–H and O–H groups in total. The van der Waals surface area contributed by atoms with E-state index in [1.165, 1.54) is 33.3 Å². The van der Waals surface area contributed by atoms with Crippen molar-refractivity contribution in [1.82, 2.24) is 9.55 Å². The van der Waals surface area contributed by atoms with E-state index < -0.39 is 0 Å². The smallest absolute Gasteiger partial charge is 0.125 e. The first kappa shape index (κ1) is 22.9. The summed E-state index contributed by atoms with van der Waals surface area (Å²) < 4.78 is 8.51. The minimum Gasteiger partial charge on any atom is -0.493 e. The molecule has 176 valence electrons. The van der Waals surface area contributed by atoms with Gasteiger partial charge in [0.1, 0.15) is 11.6 Å². The highest BCUT2D eigenvalue weighted by atomic mass is 16.5. The molecular formula is C32H32N2O. The average molecular weight is 461 g/mol. The number of benzene rings is 4. The number of rotatable bonds is 9. The third kappa shape index (κ3) is 5.30. The van der Waals surface area contributed by atoms with Crippen LogP contribution >= 0.6 is 0 Å². The Morgan fingerprint density at radius 2 is 1.37 bits per heavy atom. The van der Waals surface area contributed by atoms with E-state index in [0.717, 1.165) is 49.5 Å². The van der Waals surface area contributed by atoms with Crippen LogP contribution in [0.4, 0.5) is 0 Å². The van der Waals surface area contributed by atoms with E-state index in [-0.39, 0.29) is 0 Å². The Morgan fingerprint density at radius 1 is 0.686 bits per heavy atom. The third-order valence-corrected chi connectivity index (χ3v) is 6.59. The van der Waals surface area contributed by atoms with E-state index >= 15 is 0 Å². The van der Waals surface area contributed by atoms with Gasteiger partial charge >= 0.3 is 0 Å². The Bertz CT molecular complexity index is 1380. The molecule has 0 aliphatic heterocycles. The topological polar surface area (TPSA) is 27.1 Å². The highest BCUT2D eigenvalue weighted by Gasteiger charge is 2.11. The Balaban J connectivity index is 1.27. The molecule has 1 aromatic heterocycles. The van der Waals surface area contributed by atoms with Crippen LogP contribution in [-0.2, 0) is 13.0 Å². The summed E-state index contributed by atoms with van der Waals surface area (Å²) in [6.07, 6.45) is 2.87. The molecule has 0 bridgehead atoms. The second-order valence-electron chi connectivity index (χ2n) is 9.18. The zero-order valence-electron chi connectivity index (χ0n) is 20.6. The van der Waals surface area contributed by atoms with Gasteiger partial charge in [0.25, 0.3) is 0 Å². The van der Waals surface area contributed by atoms with Crippen LogP contribution in [-0.4, -0.2) is 16.2 Å². The highest BCUT2D eigenvalue weighted by Crippen LogP contribution is 2.24. The summed E-state index contributed by atoms with van der Waals surface area (Å²) in [4.78, 5) is 4.99. The normalized spacial score (nSPS) is 11.1. The summed E-state index contributed by atoms with van der Waals surface area (Å²) in [5.41, 5.74) is 8.44. The molecule has 0 aliphatic carbocycles. The van der Waals surface area contributed by atoms with Gasteiger partial charge in [0, 0.05) is 13.0 Å². The summed E-state index contributed by atoms with van der Waals surface area (Å²) in [6.45, 7) is 5.89. The van der Waals surface area contributed by atoms with Crippen molar-refractivity contribution in [2.75, 3.05) is 6.61 Å². The molecule has 5 rings (SSSR count). The predicted octanol–water partition coefficient (Wildman–Crippen LogP) is 7.77. The molecule has 0 unspecified atom stereocenters. The summed E-state index contributed by atoms with van der Waals surface area (Å²) in [5, 5.41) is 0. The zero-order valence-corrected chi connectivity index (χ0v) is 20.6. The lowest BCUT2D eigenvalue weighted by Gasteiger charge is -2.13. The molecule has 0 fully saturated rings. The quantitative estimate of drug-likeness (QED) is 0.210. The molecule has 0 saturated carbocycles. The molecule has 0 radical (unpaired) electrons. The number of para-hydroxylation sites is 3. The minimum absolute atomic E-state index is 0.731. The van der Waals surface area contributed by atoms with Crippen molar-refractivity contribution in [1.29, 1.82) is 0 Å². The number of unbranched alkanes of at least 4 members (excludes halogenated alkanes) is 1. The van der Waals surface area contributed by atoms with Crippen molar-refractivity contribution in [3.8, 4) is 16.9 Å². The zero-order chi connectivity index (χ0) is 24.0. The van der Waals surface area contributed by atoms with Gasteiger partial charge in [0.05, 0.1) is 17.6 Å². The van der Waals surface area contributed by atoms with Crippen LogP contribution in [0.3, 0.4) is 0 Å². The van der Waals surface area contributed by atoms with E-state index in [4.69, 9.17) is 9.72 Å². The molecule has 0 amide bonds. The Labute approximate surface area is 208 Å². The Morgan fingerprint density at radius 3 is 2.14 bits per heavy atom. The number of imidazole rings is 1. The SMILES string of the molecule is Cc1cccc(C)c1OCCCCn1c(Cc2ccc(-c3ccccc3)cc2)nc2ccccc21. The van der Waals surface area contributed by atoms with Crippen LogP contribution in [0.5, 0.6) is 5.75 Å². The van der Waals surface area contributed by atoms with Crippen LogP contribution in [0.15, 0.2) is 97.1 Å². The fourth-order valence-corrected chi connectivity index (χ4v) is 4.71. The van der Waals surface area contributed by atoms with Gasteiger partial charge in [0.15, 0.2) is 0 Å². The molecule has 0 aliphatic rings. The number of ether oxygens (including phenoxy) is 1. The number of aromatic nitrogens is 2. The summed E-state index contributed by atoms with van der Waals surface area (Å²) in [5.74, 6) is 2.15. The average Bonchev–Trinajstić information content (AvgIpc) is 3.23. The monoisotopic (exact) mass is 460 g/mol. The number of hydrogen-bond acceptors (Lipinski definition) is 2. The molecule has 0 saturated heterocycles. The number of nitrogens with zero attached hydrogens (tertiary/aromatic N) is 2. The lowest BCUT2D eigenvalue weighted by molar-refractivity contribution is 0.299. The molecule has 35 heavy (non-hydrogen) atoms. The second kappa shape index (κ2) is 10.6. The van der Waals surface area contributed by atoms with Gasteiger partial charge in [-0.3, -0.25) is 0 Å². The van der Waals surface area contributed by atoms with Gasteiger partial charge in [-0.2, -0.15) is 0 Å². The number of fused-ring (bicyclic) bond motifs is 1.